The molecule has 7 heteroatoms. The monoisotopic (exact) mass is 437 g/mol. The van der Waals surface area contributed by atoms with Crippen molar-refractivity contribution in [1.82, 2.24) is 0 Å². The van der Waals surface area contributed by atoms with Crippen LogP contribution in [0.1, 0.15) is 18.7 Å². The summed E-state index contributed by atoms with van der Waals surface area (Å²) in [6, 6.07) is 10.7. The zero-order chi connectivity index (χ0) is 19.6. The van der Waals surface area contributed by atoms with Crippen molar-refractivity contribution in [1.29, 1.82) is 0 Å². The number of benzene rings is 1. The van der Waals surface area contributed by atoms with E-state index < -0.39 is 5.91 Å². The van der Waals surface area contributed by atoms with Crippen LogP contribution in [0.5, 0.6) is 0 Å². The Morgan fingerprint density at radius 3 is 2.33 bits per heavy atom. The van der Waals surface area contributed by atoms with Crippen LogP contribution in [0.15, 0.2) is 57.7 Å². The summed E-state index contributed by atoms with van der Waals surface area (Å²) in [5.74, 6) is 0.853. The molecule has 1 aromatic heterocycles. The molecule has 0 aliphatic carbocycles. The van der Waals surface area contributed by atoms with Crippen molar-refractivity contribution in [3.63, 3.8) is 0 Å². The van der Waals surface area contributed by atoms with Gasteiger partial charge in [0, 0.05) is 15.6 Å². The van der Waals surface area contributed by atoms with E-state index in [-0.39, 0.29) is 11.4 Å². The van der Waals surface area contributed by atoms with E-state index in [0.29, 0.717) is 10.7 Å². The highest BCUT2D eigenvalue weighted by Crippen LogP contribution is 2.33. The number of anilines is 1. The minimum atomic E-state index is -0.407. The summed E-state index contributed by atoms with van der Waals surface area (Å²) >= 11 is 10.5. The molecule has 1 aromatic carbocycles. The Labute approximate surface area is 177 Å². The summed E-state index contributed by atoms with van der Waals surface area (Å²) < 4.78 is 0.743. The topological polar surface area (TPSA) is 46.2 Å². The smallest absolute Gasteiger partial charge is 0.261 e. The third-order valence-corrected chi connectivity index (χ3v) is 6.58. The van der Waals surface area contributed by atoms with Crippen LogP contribution in [0.25, 0.3) is 6.08 Å². The molecule has 1 heterocycles. The Morgan fingerprint density at radius 2 is 1.78 bits per heavy atom. The van der Waals surface area contributed by atoms with E-state index in [4.69, 9.17) is 11.6 Å². The summed E-state index contributed by atoms with van der Waals surface area (Å²) in [7, 11) is 0. The van der Waals surface area contributed by atoms with E-state index in [1.54, 1.807) is 30.3 Å². The van der Waals surface area contributed by atoms with Crippen LogP contribution in [0.4, 0.5) is 5.69 Å². The van der Waals surface area contributed by atoms with Crippen molar-refractivity contribution in [3.05, 3.63) is 67.6 Å². The van der Waals surface area contributed by atoms with Crippen LogP contribution in [-0.2, 0) is 9.59 Å². The van der Waals surface area contributed by atoms with Gasteiger partial charge in [0.25, 0.3) is 5.91 Å². The average molecular weight is 438 g/mol. The molecule has 0 bridgehead atoms. The predicted molar refractivity (Wildman–Crippen MR) is 122 cm³/mol. The minimum absolute atomic E-state index is 0.177. The van der Waals surface area contributed by atoms with Gasteiger partial charge in [0.1, 0.15) is 5.57 Å². The number of nitrogens with one attached hydrogen (secondary N) is 1. The van der Waals surface area contributed by atoms with E-state index in [1.165, 1.54) is 40.9 Å². The van der Waals surface area contributed by atoms with Crippen LogP contribution in [0, 0.1) is 0 Å². The fourth-order valence-corrected chi connectivity index (χ4v) is 5.09. The molecule has 0 unspecified atom stereocenters. The molecular weight excluding hydrogens is 418 g/mol. The molecule has 0 spiro atoms. The second-order valence-electron chi connectivity index (χ2n) is 5.20. The van der Waals surface area contributed by atoms with Gasteiger partial charge >= 0.3 is 0 Å². The number of hydrogen-bond donors (Lipinski definition) is 1. The molecule has 3 nitrogen and oxygen atoms in total. The first-order valence-corrected chi connectivity index (χ1v) is 11.6. The fourth-order valence-electron chi connectivity index (χ4n) is 2.11. The van der Waals surface area contributed by atoms with Gasteiger partial charge in [0.05, 0.1) is 4.24 Å². The van der Waals surface area contributed by atoms with Gasteiger partial charge < -0.3 is 5.32 Å². The van der Waals surface area contributed by atoms with Gasteiger partial charge in [-0.1, -0.05) is 31.5 Å². The number of thiophene rings is 1. The summed E-state index contributed by atoms with van der Waals surface area (Å²) in [5.41, 5.74) is 0.774. The van der Waals surface area contributed by atoms with Crippen molar-refractivity contribution in [3.8, 4) is 0 Å². The van der Waals surface area contributed by atoms with Crippen molar-refractivity contribution >= 4 is 69.9 Å². The lowest BCUT2D eigenvalue weighted by molar-refractivity contribution is -0.117. The zero-order valence-corrected chi connectivity index (χ0v) is 18.2. The average Bonchev–Trinajstić information content (AvgIpc) is 3.16. The van der Waals surface area contributed by atoms with Gasteiger partial charge in [-0.3, -0.25) is 9.59 Å². The SMILES string of the molecule is CCSC(SCC)=C(C(=O)/C=C/c1cccs1)C(=O)Nc1ccc(Cl)cc1. The van der Waals surface area contributed by atoms with Crippen molar-refractivity contribution in [2.24, 2.45) is 0 Å². The van der Waals surface area contributed by atoms with Gasteiger partial charge in [0.2, 0.25) is 0 Å². The van der Waals surface area contributed by atoms with Gasteiger partial charge in [-0.05, 0) is 59.4 Å². The second kappa shape index (κ2) is 11.4. The number of ketones is 1. The lowest BCUT2D eigenvalue weighted by Gasteiger charge is -2.12. The number of carbonyl (C=O) groups excluding carboxylic acids is 2. The molecule has 2 aromatic rings. The van der Waals surface area contributed by atoms with Gasteiger partial charge in [-0.2, -0.15) is 0 Å². The number of thioether (sulfide) groups is 2. The van der Waals surface area contributed by atoms with Crippen LogP contribution in [0.3, 0.4) is 0 Å². The minimum Gasteiger partial charge on any atom is -0.322 e. The van der Waals surface area contributed by atoms with Crippen molar-refractivity contribution < 1.29 is 9.59 Å². The number of hydrogen-bond acceptors (Lipinski definition) is 5. The first kappa shape index (κ1) is 21.8. The Morgan fingerprint density at radius 1 is 1.11 bits per heavy atom. The largest absolute Gasteiger partial charge is 0.322 e. The molecule has 1 amide bonds. The molecule has 0 aliphatic heterocycles. The van der Waals surface area contributed by atoms with E-state index in [0.717, 1.165) is 20.6 Å². The van der Waals surface area contributed by atoms with E-state index in [2.05, 4.69) is 5.32 Å². The number of carbonyl (C=O) groups is 2. The molecule has 0 saturated carbocycles. The maximum atomic E-state index is 12.9. The highest BCUT2D eigenvalue weighted by molar-refractivity contribution is 8.22. The van der Waals surface area contributed by atoms with Crippen molar-refractivity contribution in [2.45, 2.75) is 13.8 Å². The molecule has 0 saturated heterocycles. The van der Waals surface area contributed by atoms with E-state index in [9.17, 15) is 9.59 Å². The van der Waals surface area contributed by atoms with Gasteiger partial charge in [-0.15, -0.1) is 34.9 Å². The summed E-state index contributed by atoms with van der Waals surface area (Å²) in [6.45, 7) is 4.00. The predicted octanol–water partition coefficient (Wildman–Crippen LogP) is 6.34. The first-order chi connectivity index (χ1) is 13.0. The van der Waals surface area contributed by atoms with Crippen LogP contribution in [-0.4, -0.2) is 23.2 Å². The summed E-state index contributed by atoms with van der Waals surface area (Å²) in [6.07, 6.45) is 3.21. The molecular formula is C20H20ClNO2S3. The normalized spacial score (nSPS) is 10.8. The van der Waals surface area contributed by atoms with Crippen LogP contribution < -0.4 is 5.32 Å². The molecule has 27 heavy (non-hydrogen) atoms. The zero-order valence-electron chi connectivity index (χ0n) is 15.0. The second-order valence-corrected chi connectivity index (χ2v) is 9.43. The van der Waals surface area contributed by atoms with Gasteiger partial charge in [-0.25, -0.2) is 0 Å². The Hall–Kier alpha value is -1.47. The quantitative estimate of drug-likeness (QED) is 0.282. The Kier molecular flexibility index (Phi) is 9.21. The first-order valence-electron chi connectivity index (χ1n) is 8.37. The summed E-state index contributed by atoms with van der Waals surface area (Å²) in [5, 5.41) is 5.34. The molecule has 0 fully saturated rings. The van der Waals surface area contributed by atoms with E-state index >= 15 is 0 Å². The van der Waals surface area contributed by atoms with Crippen LogP contribution >= 0.6 is 46.5 Å². The maximum absolute atomic E-state index is 12.9. The maximum Gasteiger partial charge on any atom is 0.261 e. The highest BCUT2D eigenvalue weighted by Gasteiger charge is 2.22. The molecule has 142 valence electrons. The fraction of sp³-hybridized carbons (Fsp3) is 0.200. The molecule has 1 N–H and O–H groups in total. The molecule has 0 aliphatic rings. The highest BCUT2D eigenvalue weighted by atomic mass is 35.5. The number of halogens is 1. The van der Waals surface area contributed by atoms with Crippen LogP contribution in [0.2, 0.25) is 5.02 Å². The lowest BCUT2D eigenvalue weighted by Crippen LogP contribution is -2.20. The standard InChI is InChI=1S/C20H20ClNO2S3/c1-3-25-20(26-4-2)18(17(23)12-11-16-6-5-13-27-16)19(24)22-15-9-7-14(21)8-10-15/h5-13H,3-4H2,1-2H3,(H,22,24)/b12-11+. The summed E-state index contributed by atoms with van der Waals surface area (Å²) in [4.78, 5) is 26.7. The number of rotatable bonds is 9. The van der Waals surface area contributed by atoms with Gasteiger partial charge in [0.15, 0.2) is 5.78 Å². The molecule has 0 radical (unpaired) electrons. The third kappa shape index (κ3) is 6.88. The Balaban J connectivity index is 2.32. The number of amides is 1. The van der Waals surface area contributed by atoms with E-state index in [1.807, 2.05) is 31.4 Å². The molecule has 0 atom stereocenters. The number of allylic oxidation sites excluding steroid dienone is 1. The lowest BCUT2D eigenvalue weighted by atomic mass is 10.1. The third-order valence-electron chi connectivity index (χ3n) is 3.27. The van der Waals surface area contributed by atoms with Crippen molar-refractivity contribution in [2.75, 3.05) is 16.8 Å². The Bertz CT molecular complexity index is 819. The molecule has 2 rings (SSSR count).